The fraction of sp³-hybridized carbons (Fsp3) is 0.143. The summed E-state index contributed by atoms with van der Waals surface area (Å²) in [4.78, 5) is 35.4. The Balaban J connectivity index is 2.13. The van der Waals surface area contributed by atoms with Gasteiger partial charge in [0.1, 0.15) is 11.6 Å². The van der Waals surface area contributed by atoms with Gasteiger partial charge in [0.15, 0.2) is 0 Å². The second-order valence-electron chi connectivity index (χ2n) is 4.48. The Morgan fingerprint density at radius 2 is 2.04 bits per heavy atom. The van der Waals surface area contributed by atoms with Crippen molar-refractivity contribution in [1.29, 1.82) is 0 Å². The molecule has 0 fully saturated rings. The second kappa shape index (κ2) is 7.26. The standard InChI is InChI=1S/C14H12Cl2N4O3/c1-17-13(22)8-3-2-4-9(5-8)19-11(21)7-20-14(23)12(16)10(15)6-18-20/h2-6H,7H2,1H3,(H,17,22)(H,19,21). The largest absolute Gasteiger partial charge is 0.355 e. The molecule has 1 aromatic heterocycles. The van der Waals surface area contributed by atoms with E-state index in [1.54, 1.807) is 18.2 Å². The number of rotatable bonds is 4. The third-order valence-corrected chi connectivity index (χ3v) is 3.62. The number of benzene rings is 1. The summed E-state index contributed by atoms with van der Waals surface area (Å²) in [5, 5.41) is 8.63. The molecule has 2 amide bonds. The Morgan fingerprint density at radius 3 is 2.74 bits per heavy atom. The minimum absolute atomic E-state index is 0.0200. The van der Waals surface area contributed by atoms with E-state index in [0.29, 0.717) is 11.3 Å². The van der Waals surface area contributed by atoms with Crippen LogP contribution >= 0.6 is 23.2 Å². The smallest absolute Gasteiger partial charge is 0.287 e. The van der Waals surface area contributed by atoms with Crippen LogP contribution in [0.25, 0.3) is 0 Å². The molecule has 120 valence electrons. The predicted molar refractivity (Wildman–Crippen MR) is 87.0 cm³/mol. The van der Waals surface area contributed by atoms with Gasteiger partial charge in [0.25, 0.3) is 11.5 Å². The minimum Gasteiger partial charge on any atom is -0.355 e. The number of nitrogens with zero attached hydrogens (tertiary/aromatic N) is 2. The molecular weight excluding hydrogens is 343 g/mol. The molecule has 0 spiro atoms. The van der Waals surface area contributed by atoms with Crippen LogP contribution in [0.4, 0.5) is 5.69 Å². The van der Waals surface area contributed by atoms with Gasteiger partial charge in [-0.3, -0.25) is 14.4 Å². The number of halogens is 2. The molecule has 0 saturated carbocycles. The lowest BCUT2D eigenvalue weighted by Crippen LogP contribution is -2.30. The van der Waals surface area contributed by atoms with E-state index in [-0.39, 0.29) is 22.5 Å². The van der Waals surface area contributed by atoms with E-state index in [9.17, 15) is 14.4 Å². The van der Waals surface area contributed by atoms with Crippen LogP contribution in [0.15, 0.2) is 35.3 Å². The van der Waals surface area contributed by atoms with Crippen LogP contribution in [0.1, 0.15) is 10.4 Å². The van der Waals surface area contributed by atoms with Gasteiger partial charge < -0.3 is 10.6 Å². The highest BCUT2D eigenvalue weighted by Crippen LogP contribution is 2.14. The van der Waals surface area contributed by atoms with Crippen molar-refractivity contribution in [2.45, 2.75) is 6.54 Å². The molecule has 7 nitrogen and oxygen atoms in total. The van der Waals surface area contributed by atoms with Crippen molar-refractivity contribution >= 4 is 40.7 Å². The van der Waals surface area contributed by atoms with E-state index in [1.165, 1.54) is 19.3 Å². The maximum atomic E-state index is 12.0. The molecule has 2 aromatic rings. The summed E-state index contributed by atoms with van der Waals surface area (Å²) in [6.07, 6.45) is 1.19. The van der Waals surface area contributed by atoms with Gasteiger partial charge in [0.05, 0.1) is 11.2 Å². The Labute approximate surface area is 141 Å². The molecule has 2 rings (SSSR count). The zero-order valence-corrected chi connectivity index (χ0v) is 13.5. The number of anilines is 1. The average molecular weight is 355 g/mol. The molecule has 0 atom stereocenters. The molecule has 9 heteroatoms. The quantitative estimate of drug-likeness (QED) is 0.870. The molecule has 0 bridgehead atoms. The van der Waals surface area contributed by atoms with E-state index in [1.807, 2.05) is 0 Å². The summed E-state index contributed by atoms with van der Waals surface area (Å²) in [5.41, 5.74) is 0.160. The fourth-order valence-corrected chi connectivity index (χ4v) is 2.05. The summed E-state index contributed by atoms with van der Waals surface area (Å²) in [6, 6.07) is 6.38. The Kier molecular flexibility index (Phi) is 5.36. The molecule has 1 aromatic carbocycles. The van der Waals surface area contributed by atoms with Gasteiger partial charge in [-0.15, -0.1) is 0 Å². The van der Waals surface area contributed by atoms with Crippen LogP contribution in [-0.2, 0) is 11.3 Å². The first-order valence-corrected chi connectivity index (χ1v) is 7.21. The van der Waals surface area contributed by atoms with Crippen LogP contribution in [0.5, 0.6) is 0 Å². The zero-order chi connectivity index (χ0) is 17.0. The summed E-state index contributed by atoms with van der Waals surface area (Å²) in [6.45, 7) is -0.333. The number of amides is 2. The van der Waals surface area contributed by atoms with Crippen molar-refractivity contribution in [3.8, 4) is 0 Å². The van der Waals surface area contributed by atoms with E-state index < -0.39 is 11.5 Å². The highest BCUT2D eigenvalue weighted by atomic mass is 35.5. The van der Waals surface area contributed by atoms with E-state index in [0.717, 1.165) is 4.68 Å². The average Bonchev–Trinajstić information content (AvgIpc) is 2.55. The van der Waals surface area contributed by atoms with Gasteiger partial charge in [-0.05, 0) is 18.2 Å². The Bertz CT molecular complexity index is 820. The third-order valence-electron chi connectivity index (χ3n) is 2.87. The third kappa shape index (κ3) is 4.08. The number of carbonyl (C=O) groups excluding carboxylic acids is 2. The fourth-order valence-electron chi connectivity index (χ4n) is 1.78. The van der Waals surface area contributed by atoms with Crippen LogP contribution in [0, 0.1) is 0 Å². The normalized spacial score (nSPS) is 10.2. The summed E-state index contributed by atoms with van der Waals surface area (Å²) in [5.74, 6) is -0.768. The highest BCUT2D eigenvalue weighted by molar-refractivity contribution is 6.41. The zero-order valence-electron chi connectivity index (χ0n) is 12.0. The molecular formula is C14H12Cl2N4O3. The summed E-state index contributed by atoms with van der Waals surface area (Å²) >= 11 is 11.4. The number of nitrogens with one attached hydrogen (secondary N) is 2. The van der Waals surface area contributed by atoms with Gasteiger partial charge in [-0.2, -0.15) is 5.10 Å². The van der Waals surface area contributed by atoms with E-state index >= 15 is 0 Å². The Morgan fingerprint density at radius 1 is 1.30 bits per heavy atom. The van der Waals surface area contributed by atoms with Gasteiger partial charge in [0.2, 0.25) is 5.91 Å². The van der Waals surface area contributed by atoms with Crippen molar-refractivity contribution in [1.82, 2.24) is 15.1 Å². The molecule has 0 aliphatic heterocycles. The van der Waals surface area contributed by atoms with Crippen LogP contribution in [-0.4, -0.2) is 28.6 Å². The molecule has 0 radical (unpaired) electrons. The van der Waals surface area contributed by atoms with Gasteiger partial charge in [-0.25, -0.2) is 4.68 Å². The van der Waals surface area contributed by atoms with Crippen molar-refractivity contribution < 1.29 is 9.59 Å². The van der Waals surface area contributed by atoms with Crippen molar-refractivity contribution in [3.63, 3.8) is 0 Å². The maximum Gasteiger partial charge on any atom is 0.287 e. The molecule has 0 aliphatic carbocycles. The maximum absolute atomic E-state index is 12.0. The lowest BCUT2D eigenvalue weighted by molar-refractivity contribution is -0.117. The molecule has 0 unspecified atom stereocenters. The summed E-state index contributed by atoms with van der Waals surface area (Å²) in [7, 11) is 1.51. The molecule has 1 heterocycles. The predicted octanol–water partition coefficient (Wildman–Crippen LogP) is 1.55. The molecule has 0 saturated heterocycles. The van der Waals surface area contributed by atoms with Gasteiger partial charge in [0, 0.05) is 18.3 Å². The van der Waals surface area contributed by atoms with E-state index in [4.69, 9.17) is 23.2 Å². The van der Waals surface area contributed by atoms with Crippen LogP contribution < -0.4 is 16.2 Å². The topological polar surface area (TPSA) is 93.1 Å². The molecule has 2 N–H and O–H groups in total. The van der Waals surface area contributed by atoms with Crippen LogP contribution in [0.2, 0.25) is 10.0 Å². The van der Waals surface area contributed by atoms with Crippen molar-refractivity contribution in [2.75, 3.05) is 12.4 Å². The van der Waals surface area contributed by atoms with Gasteiger partial charge in [-0.1, -0.05) is 29.3 Å². The monoisotopic (exact) mass is 354 g/mol. The highest BCUT2D eigenvalue weighted by Gasteiger charge is 2.11. The minimum atomic E-state index is -0.659. The first-order chi connectivity index (χ1) is 10.9. The summed E-state index contributed by atoms with van der Waals surface area (Å²) < 4.78 is 0.895. The van der Waals surface area contributed by atoms with Crippen LogP contribution in [0.3, 0.4) is 0 Å². The number of hydrogen-bond donors (Lipinski definition) is 2. The SMILES string of the molecule is CNC(=O)c1cccc(NC(=O)Cn2ncc(Cl)c(Cl)c2=O)c1. The first kappa shape index (κ1) is 17.0. The number of carbonyl (C=O) groups is 2. The first-order valence-electron chi connectivity index (χ1n) is 6.45. The Hall–Kier alpha value is -2.38. The molecule has 23 heavy (non-hydrogen) atoms. The van der Waals surface area contributed by atoms with Crippen molar-refractivity contribution in [2.24, 2.45) is 0 Å². The number of hydrogen-bond acceptors (Lipinski definition) is 4. The number of aromatic nitrogens is 2. The lowest BCUT2D eigenvalue weighted by Gasteiger charge is -2.08. The van der Waals surface area contributed by atoms with Gasteiger partial charge >= 0.3 is 0 Å². The molecule has 0 aliphatic rings. The lowest BCUT2D eigenvalue weighted by atomic mass is 10.2. The van der Waals surface area contributed by atoms with E-state index in [2.05, 4.69) is 15.7 Å². The second-order valence-corrected chi connectivity index (χ2v) is 5.26. The van der Waals surface area contributed by atoms with Crippen molar-refractivity contribution in [3.05, 3.63) is 56.4 Å².